The van der Waals surface area contributed by atoms with Gasteiger partial charge in [0.1, 0.15) is 0 Å². The highest BCUT2D eigenvalue weighted by atomic mass is 35.5. The van der Waals surface area contributed by atoms with E-state index in [2.05, 4.69) is 29.0 Å². The van der Waals surface area contributed by atoms with Gasteiger partial charge in [-0.1, -0.05) is 23.7 Å². The third-order valence-corrected chi connectivity index (χ3v) is 4.08. The third kappa shape index (κ3) is 3.56. The van der Waals surface area contributed by atoms with Crippen LogP contribution in [0.4, 0.5) is 0 Å². The minimum atomic E-state index is 0.143. The van der Waals surface area contributed by atoms with E-state index in [4.69, 9.17) is 17.4 Å². The monoisotopic (exact) mass is 280 g/mol. The molecule has 18 heavy (non-hydrogen) atoms. The number of nitrogens with one attached hydrogen (secondary N) is 1. The standard InChI is InChI=1S/C14H17ClN2S/c1-10-7-11(9-12(15)8-10)14(17-16)5-4-13-3-2-6-18-13/h2-3,6-9,14,17H,4-5,16H2,1H3. The highest BCUT2D eigenvalue weighted by molar-refractivity contribution is 7.09. The van der Waals surface area contributed by atoms with Crippen molar-refractivity contribution in [3.8, 4) is 0 Å². The summed E-state index contributed by atoms with van der Waals surface area (Å²) in [5.41, 5.74) is 5.19. The molecule has 2 nitrogen and oxygen atoms in total. The van der Waals surface area contributed by atoms with Gasteiger partial charge in [-0.2, -0.15) is 0 Å². The molecule has 0 amide bonds. The van der Waals surface area contributed by atoms with Gasteiger partial charge in [0.25, 0.3) is 0 Å². The maximum Gasteiger partial charge on any atom is 0.0464 e. The Morgan fingerprint density at radius 1 is 1.39 bits per heavy atom. The molecule has 0 spiro atoms. The zero-order chi connectivity index (χ0) is 13.0. The van der Waals surface area contributed by atoms with Gasteiger partial charge in [0, 0.05) is 15.9 Å². The summed E-state index contributed by atoms with van der Waals surface area (Å²) >= 11 is 7.87. The maximum absolute atomic E-state index is 6.08. The summed E-state index contributed by atoms with van der Waals surface area (Å²) in [7, 11) is 0. The summed E-state index contributed by atoms with van der Waals surface area (Å²) < 4.78 is 0. The second-order valence-electron chi connectivity index (χ2n) is 4.40. The molecule has 0 aliphatic rings. The molecule has 0 fully saturated rings. The number of nitrogens with two attached hydrogens (primary N) is 1. The van der Waals surface area contributed by atoms with E-state index in [9.17, 15) is 0 Å². The topological polar surface area (TPSA) is 38.0 Å². The zero-order valence-electron chi connectivity index (χ0n) is 10.3. The molecule has 1 aromatic carbocycles. The minimum absolute atomic E-state index is 0.143. The fourth-order valence-corrected chi connectivity index (χ4v) is 3.08. The number of aryl methyl sites for hydroxylation is 2. The predicted molar refractivity (Wildman–Crippen MR) is 78.9 cm³/mol. The molecule has 1 heterocycles. The molecule has 1 unspecified atom stereocenters. The van der Waals surface area contributed by atoms with Gasteiger partial charge in [-0.05, 0) is 54.5 Å². The first-order valence-corrected chi connectivity index (χ1v) is 7.20. The molecule has 2 aromatic rings. The summed E-state index contributed by atoms with van der Waals surface area (Å²) in [4.78, 5) is 1.38. The molecule has 1 aromatic heterocycles. The van der Waals surface area contributed by atoms with E-state index in [0.717, 1.165) is 29.0 Å². The van der Waals surface area contributed by atoms with Crippen LogP contribution in [0.5, 0.6) is 0 Å². The highest BCUT2D eigenvalue weighted by Gasteiger charge is 2.11. The normalized spacial score (nSPS) is 12.6. The second-order valence-corrected chi connectivity index (χ2v) is 5.87. The highest BCUT2D eigenvalue weighted by Crippen LogP contribution is 2.24. The number of halogens is 1. The lowest BCUT2D eigenvalue weighted by atomic mass is 10.0. The molecule has 0 aliphatic carbocycles. The summed E-state index contributed by atoms with van der Waals surface area (Å²) in [6.45, 7) is 2.04. The Morgan fingerprint density at radius 3 is 2.83 bits per heavy atom. The molecule has 1 atom stereocenters. The molecule has 0 radical (unpaired) electrons. The van der Waals surface area contributed by atoms with Gasteiger partial charge in [0.05, 0.1) is 0 Å². The molecule has 96 valence electrons. The van der Waals surface area contributed by atoms with Gasteiger partial charge < -0.3 is 0 Å². The summed E-state index contributed by atoms with van der Waals surface area (Å²) in [5, 5.41) is 2.87. The first-order valence-electron chi connectivity index (χ1n) is 5.94. The van der Waals surface area contributed by atoms with Gasteiger partial charge in [0.15, 0.2) is 0 Å². The van der Waals surface area contributed by atoms with Crippen molar-refractivity contribution in [3.63, 3.8) is 0 Å². The number of hydrazine groups is 1. The molecule has 3 N–H and O–H groups in total. The summed E-state index contributed by atoms with van der Waals surface area (Å²) in [6, 6.07) is 10.4. The fourth-order valence-electron chi connectivity index (χ4n) is 2.05. The van der Waals surface area contributed by atoms with Gasteiger partial charge in [0.2, 0.25) is 0 Å². The number of hydrogen-bond donors (Lipinski definition) is 2. The molecular weight excluding hydrogens is 264 g/mol. The molecule has 0 saturated carbocycles. The Hall–Kier alpha value is -0.870. The van der Waals surface area contributed by atoms with Crippen LogP contribution in [0, 0.1) is 6.92 Å². The van der Waals surface area contributed by atoms with Crippen LogP contribution in [0.15, 0.2) is 35.7 Å². The van der Waals surface area contributed by atoms with E-state index >= 15 is 0 Å². The SMILES string of the molecule is Cc1cc(Cl)cc(C(CCc2cccs2)NN)c1. The van der Waals surface area contributed by atoms with Crippen molar-refractivity contribution in [1.29, 1.82) is 0 Å². The second kappa shape index (κ2) is 6.34. The van der Waals surface area contributed by atoms with E-state index in [0.29, 0.717) is 0 Å². The molecule has 2 rings (SSSR count). The number of rotatable bonds is 5. The molecular formula is C14H17ClN2S. The number of benzene rings is 1. The maximum atomic E-state index is 6.08. The quantitative estimate of drug-likeness (QED) is 0.645. The first-order chi connectivity index (χ1) is 8.69. The van der Waals surface area contributed by atoms with Crippen LogP contribution in [0.25, 0.3) is 0 Å². The van der Waals surface area contributed by atoms with Gasteiger partial charge >= 0.3 is 0 Å². The van der Waals surface area contributed by atoms with E-state index < -0.39 is 0 Å². The lowest BCUT2D eigenvalue weighted by Crippen LogP contribution is -2.28. The largest absolute Gasteiger partial charge is 0.271 e. The van der Waals surface area contributed by atoms with Crippen LogP contribution in [0.2, 0.25) is 5.02 Å². The van der Waals surface area contributed by atoms with E-state index in [1.54, 1.807) is 11.3 Å². The van der Waals surface area contributed by atoms with Crippen LogP contribution in [-0.2, 0) is 6.42 Å². The smallest absolute Gasteiger partial charge is 0.0464 e. The van der Waals surface area contributed by atoms with Gasteiger partial charge in [-0.3, -0.25) is 11.3 Å². The van der Waals surface area contributed by atoms with Crippen LogP contribution in [0.1, 0.15) is 28.5 Å². The molecule has 0 saturated heterocycles. The number of hydrogen-bond acceptors (Lipinski definition) is 3. The Bertz CT molecular complexity index is 476. The van der Waals surface area contributed by atoms with Crippen molar-refractivity contribution in [3.05, 3.63) is 56.7 Å². The van der Waals surface area contributed by atoms with Crippen molar-refractivity contribution < 1.29 is 0 Å². The van der Waals surface area contributed by atoms with Crippen LogP contribution in [-0.4, -0.2) is 0 Å². The lowest BCUT2D eigenvalue weighted by molar-refractivity contribution is 0.518. The Labute approximate surface area is 117 Å². The summed E-state index contributed by atoms with van der Waals surface area (Å²) in [5.74, 6) is 5.65. The van der Waals surface area contributed by atoms with Gasteiger partial charge in [-0.25, -0.2) is 0 Å². The molecule has 0 aliphatic heterocycles. The first kappa shape index (κ1) is 13.6. The third-order valence-electron chi connectivity index (χ3n) is 2.93. The Morgan fingerprint density at radius 2 is 2.22 bits per heavy atom. The lowest BCUT2D eigenvalue weighted by Gasteiger charge is -2.17. The van der Waals surface area contributed by atoms with E-state index in [1.165, 1.54) is 4.88 Å². The summed E-state index contributed by atoms with van der Waals surface area (Å²) in [6.07, 6.45) is 1.99. The van der Waals surface area contributed by atoms with Crippen molar-refractivity contribution in [2.45, 2.75) is 25.8 Å². The van der Waals surface area contributed by atoms with Crippen LogP contribution < -0.4 is 11.3 Å². The van der Waals surface area contributed by atoms with Crippen molar-refractivity contribution >= 4 is 22.9 Å². The minimum Gasteiger partial charge on any atom is -0.271 e. The van der Waals surface area contributed by atoms with E-state index in [-0.39, 0.29) is 6.04 Å². The van der Waals surface area contributed by atoms with Crippen LogP contribution in [0.3, 0.4) is 0 Å². The number of thiophene rings is 1. The molecule has 4 heteroatoms. The zero-order valence-corrected chi connectivity index (χ0v) is 11.9. The van der Waals surface area contributed by atoms with Crippen LogP contribution >= 0.6 is 22.9 Å². The van der Waals surface area contributed by atoms with E-state index in [1.807, 2.05) is 19.1 Å². The molecule has 0 bridgehead atoms. The Kier molecular flexibility index (Phi) is 4.78. The van der Waals surface area contributed by atoms with Crippen molar-refractivity contribution in [1.82, 2.24) is 5.43 Å². The van der Waals surface area contributed by atoms with Crippen molar-refractivity contribution in [2.75, 3.05) is 0 Å². The average molecular weight is 281 g/mol. The van der Waals surface area contributed by atoms with Gasteiger partial charge in [-0.15, -0.1) is 11.3 Å². The fraction of sp³-hybridized carbons (Fsp3) is 0.286. The Balaban J connectivity index is 2.07. The van der Waals surface area contributed by atoms with Crippen molar-refractivity contribution in [2.24, 2.45) is 5.84 Å². The predicted octanol–water partition coefficient (Wildman–Crippen LogP) is 3.85. The average Bonchev–Trinajstić information content (AvgIpc) is 2.81.